The monoisotopic (exact) mass is 344 g/mol. The Morgan fingerprint density at radius 2 is 1.87 bits per heavy atom. The Labute approximate surface area is 138 Å². The fourth-order valence-electron chi connectivity index (χ4n) is 3.07. The van der Waals surface area contributed by atoms with Crippen LogP contribution in [-0.4, -0.2) is 63.1 Å². The summed E-state index contributed by atoms with van der Waals surface area (Å²) in [5, 5.41) is 0. The van der Waals surface area contributed by atoms with Crippen LogP contribution in [0.1, 0.15) is 19.4 Å². The van der Waals surface area contributed by atoms with Gasteiger partial charge in [-0.25, -0.2) is 12.8 Å². The molecule has 0 bridgehead atoms. The van der Waals surface area contributed by atoms with Crippen LogP contribution in [0, 0.1) is 12.7 Å². The topological polar surface area (TPSA) is 49.9 Å². The Hall–Kier alpha value is -1.02. The lowest BCUT2D eigenvalue weighted by molar-refractivity contribution is 0.0496. The second-order valence-corrected chi connectivity index (χ2v) is 8.10. The molecule has 2 atom stereocenters. The van der Waals surface area contributed by atoms with E-state index >= 15 is 0 Å². The Morgan fingerprint density at radius 3 is 2.39 bits per heavy atom. The number of hydrogen-bond acceptors (Lipinski definition) is 4. The lowest BCUT2D eigenvalue weighted by Gasteiger charge is -2.43. The van der Waals surface area contributed by atoms with Crippen molar-refractivity contribution in [2.24, 2.45) is 0 Å². The minimum atomic E-state index is -3.60. The van der Waals surface area contributed by atoms with Crippen LogP contribution >= 0.6 is 0 Å². The summed E-state index contributed by atoms with van der Waals surface area (Å²) < 4.78 is 45.7. The molecule has 0 saturated carbocycles. The first-order valence-corrected chi connectivity index (χ1v) is 9.22. The van der Waals surface area contributed by atoms with Crippen molar-refractivity contribution in [1.29, 1.82) is 0 Å². The van der Waals surface area contributed by atoms with Crippen molar-refractivity contribution >= 4 is 10.0 Å². The molecule has 7 heteroatoms. The summed E-state index contributed by atoms with van der Waals surface area (Å²) in [5.41, 5.74) is 0.339. The predicted octanol–water partition coefficient (Wildman–Crippen LogP) is 1.86. The molecule has 1 aromatic rings. The van der Waals surface area contributed by atoms with Crippen LogP contribution in [0.15, 0.2) is 23.1 Å². The van der Waals surface area contributed by atoms with Gasteiger partial charge in [0, 0.05) is 38.8 Å². The van der Waals surface area contributed by atoms with Crippen molar-refractivity contribution in [3.8, 4) is 0 Å². The highest BCUT2D eigenvalue weighted by atomic mass is 32.2. The van der Waals surface area contributed by atoms with Crippen LogP contribution < -0.4 is 0 Å². The zero-order valence-corrected chi connectivity index (χ0v) is 14.9. The highest BCUT2D eigenvalue weighted by Gasteiger charge is 2.35. The Bertz CT molecular complexity index is 639. The van der Waals surface area contributed by atoms with Gasteiger partial charge in [-0.3, -0.25) is 4.90 Å². The number of benzene rings is 1. The quantitative estimate of drug-likeness (QED) is 0.818. The summed E-state index contributed by atoms with van der Waals surface area (Å²) in [5.74, 6) is -0.393. The number of halogens is 1. The molecule has 1 aliphatic rings. The van der Waals surface area contributed by atoms with Crippen LogP contribution in [0.5, 0.6) is 0 Å². The van der Waals surface area contributed by atoms with E-state index in [2.05, 4.69) is 4.90 Å². The molecular weight excluding hydrogens is 319 g/mol. The van der Waals surface area contributed by atoms with Crippen LogP contribution in [0.2, 0.25) is 0 Å². The predicted molar refractivity (Wildman–Crippen MR) is 87.4 cm³/mol. The molecular formula is C16H25FN2O3S. The maximum absolute atomic E-state index is 13.4. The first kappa shape index (κ1) is 18.3. The summed E-state index contributed by atoms with van der Waals surface area (Å²) in [6, 6.07) is 4.15. The molecule has 23 heavy (non-hydrogen) atoms. The van der Waals surface area contributed by atoms with Crippen molar-refractivity contribution in [2.75, 3.05) is 33.4 Å². The fraction of sp³-hybridized carbons (Fsp3) is 0.625. The molecule has 0 amide bonds. The fourth-order valence-corrected chi connectivity index (χ4v) is 4.76. The highest BCUT2D eigenvalue weighted by Crippen LogP contribution is 2.24. The third-order valence-electron chi connectivity index (χ3n) is 4.39. The SMILES string of the molecule is COCCN1C(C)CN(S(=O)(=O)c2ccc(F)c(C)c2)CC1C. The normalized spacial score (nSPS) is 24.0. The summed E-state index contributed by atoms with van der Waals surface area (Å²) in [6.45, 7) is 7.86. The molecule has 1 fully saturated rings. The van der Waals surface area contributed by atoms with Crippen LogP contribution in [0.3, 0.4) is 0 Å². The van der Waals surface area contributed by atoms with Gasteiger partial charge in [0.15, 0.2) is 0 Å². The van der Waals surface area contributed by atoms with Gasteiger partial charge in [-0.2, -0.15) is 4.31 Å². The van der Waals surface area contributed by atoms with Gasteiger partial charge in [0.05, 0.1) is 11.5 Å². The minimum absolute atomic E-state index is 0.102. The molecule has 130 valence electrons. The molecule has 0 N–H and O–H groups in total. The van der Waals surface area contributed by atoms with Crippen molar-refractivity contribution in [2.45, 2.75) is 37.8 Å². The summed E-state index contributed by atoms with van der Waals surface area (Å²) in [6.07, 6.45) is 0. The molecule has 0 spiro atoms. The van der Waals surface area contributed by atoms with E-state index < -0.39 is 15.8 Å². The van der Waals surface area contributed by atoms with Gasteiger partial charge >= 0.3 is 0 Å². The highest BCUT2D eigenvalue weighted by molar-refractivity contribution is 7.89. The Kier molecular flexibility index (Phi) is 5.78. The third kappa shape index (κ3) is 3.91. The van der Waals surface area contributed by atoms with Crippen molar-refractivity contribution < 1.29 is 17.5 Å². The van der Waals surface area contributed by atoms with Gasteiger partial charge in [-0.15, -0.1) is 0 Å². The number of nitrogens with zero attached hydrogens (tertiary/aromatic N) is 2. The van der Waals surface area contributed by atoms with E-state index in [1.807, 2.05) is 13.8 Å². The molecule has 2 rings (SSSR count). The smallest absolute Gasteiger partial charge is 0.243 e. The molecule has 1 aromatic carbocycles. The molecule has 1 saturated heterocycles. The number of sulfonamides is 1. The zero-order valence-electron chi connectivity index (χ0n) is 14.1. The van der Waals surface area contributed by atoms with Crippen molar-refractivity contribution in [3.63, 3.8) is 0 Å². The molecule has 5 nitrogen and oxygen atoms in total. The van der Waals surface area contributed by atoms with Gasteiger partial charge in [-0.05, 0) is 44.5 Å². The van der Waals surface area contributed by atoms with Crippen molar-refractivity contribution in [1.82, 2.24) is 9.21 Å². The van der Waals surface area contributed by atoms with E-state index in [0.717, 1.165) is 6.54 Å². The molecule has 2 unspecified atom stereocenters. The zero-order chi connectivity index (χ0) is 17.2. The first-order valence-electron chi connectivity index (χ1n) is 7.78. The second kappa shape index (κ2) is 7.25. The minimum Gasteiger partial charge on any atom is -0.383 e. The van der Waals surface area contributed by atoms with Crippen molar-refractivity contribution in [3.05, 3.63) is 29.6 Å². The number of piperazine rings is 1. The van der Waals surface area contributed by atoms with E-state index in [0.29, 0.717) is 25.3 Å². The van der Waals surface area contributed by atoms with Gasteiger partial charge in [0.2, 0.25) is 10.0 Å². The summed E-state index contributed by atoms with van der Waals surface area (Å²) >= 11 is 0. The van der Waals surface area contributed by atoms with Gasteiger partial charge < -0.3 is 4.74 Å². The van der Waals surface area contributed by atoms with Gasteiger partial charge in [-0.1, -0.05) is 0 Å². The number of rotatable bonds is 5. The second-order valence-electron chi connectivity index (χ2n) is 6.16. The Morgan fingerprint density at radius 1 is 1.26 bits per heavy atom. The molecule has 0 aliphatic carbocycles. The van der Waals surface area contributed by atoms with Crippen LogP contribution in [-0.2, 0) is 14.8 Å². The number of aryl methyl sites for hydroxylation is 1. The first-order chi connectivity index (χ1) is 10.8. The molecule has 0 aromatic heterocycles. The Balaban J connectivity index is 2.20. The summed E-state index contributed by atoms with van der Waals surface area (Å²) in [7, 11) is -1.94. The largest absolute Gasteiger partial charge is 0.383 e. The molecule has 1 heterocycles. The van der Waals surface area contributed by atoms with E-state index in [1.54, 1.807) is 14.0 Å². The van der Waals surface area contributed by atoms with E-state index in [4.69, 9.17) is 4.74 Å². The van der Waals surface area contributed by atoms with Crippen LogP contribution in [0.25, 0.3) is 0 Å². The van der Waals surface area contributed by atoms with Gasteiger partial charge in [0.1, 0.15) is 5.82 Å². The number of methoxy groups -OCH3 is 1. The lowest BCUT2D eigenvalue weighted by atomic mass is 10.1. The molecule has 1 aliphatic heterocycles. The summed E-state index contributed by atoms with van der Waals surface area (Å²) in [4.78, 5) is 2.41. The maximum atomic E-state index is 13.4. The number of hydrogen-bond donors (Lipinski definition) is 0. The van der Waals surface area contributed by atoms with Gasteiger partial charge in [0.25, 0.3) is 0 Å². The number of ether oxygens (including phenoxy) is 1. The maximum Gasteiger partial charge on any atom is 0.243 e. The third-order valence-corrected chi connectivity index (χ3v) is 6.22. The lowest BCUT2D eigenvalue weighted by Crippen LogP contribution is -2.58. The van der Waals surface area contributed by atoms with Crippen LogP contribution in [0.4, 0.5) is 4.39 Å². The van der Waals surface area contributed by atoms with E-state index in [-0.39, 0.29) is 17.0 Å². The average Bonchev–Trinajstić information content (AvgIpc) is 2.49. The van der Waals surface area contributed by atoms with E-state index in [1.165, 1.54) is 22.5 Å². The van der Waals surface area contributed by atoms with E-state index in [9.17, 15) is 12.8 Å². The standard InChI is InChI=1S/C16H25FN2O3S/c1-12-9-15(5-6-16(12)17)23(20,21)18-10-13(2)19(7-8-22-4)14(3)11-18/h5-6,9,13-14H,7-8,10-11H2,1-4H3. The molecule has 0 radical (unpaired) electrons. The average molecular weight is 344 g/mol.